The van der Waals surface area contributed by atoms with Gasteiger partial charge in [0.15, 0.2) is 17.7 Å². The molecule has 3 heterocycles. The Balaban J connectivity index is 1.69. The number of carbonyl (C=O) groups is 1. The second-order valence-electron chi connectivity index (χ2n) is 13.7. The number of aryl methyl sites for hydroxylation is 2. The van der Waals surface area contributed by atoms with Gasteiger partial charge in [-0.3, -0.25) is 9.88 Å². The van der Waals surface area contributed by atoms with Crippen LogP contribution in [0.25, 0.3) is 11.1 Å². The lowest BCUT2D eigenvalue weighted by Crippen LogP contribution is -2.44. The van der Waals surface area contributed by atoms with Crippen LogP contribution in [0.4, 0.5) is 4.39 Å². The first kappa shape index (κ1) is 31.1. The molecule has 1 unspecified atom stereocenters. The van der Waals surface area contributed by atoms with Gasteiger partial charge in [0.05, 0.1) is 17.9 Å². The van der Waals surface area contributed by atoms with Gasteiger partial charge in [-0.2, -0.15) is 0 Å². The molecule has 230 valence electrons. The number of pyridine rings is 1. The largest absolute Gasteiger partial charge is 0.490 e. The Hall–Kier alpha value is -3.29. The fourth-order valence-corrected chi connectivity index (χ4v) is 6.83. The molecule has 2 aliphatic rings. The van der Waals surface area contributed by atoms with E-state index in [0.29, 0.717) is 42.1 Å². The highest BCUT2D eigenvalue weighted by molar-refractivity contribution is 5.84. The van der Waals surface area contributed by atoms with E-state index in [1.54, 1.807) is 0 Å². The van der Waals surface area contributed by atoms with Gasteiger partial charge in [0, 0.05) is 35.3 Å². The molecule has 0 aliphatic carbocycles. The molecule has 2 aromatic carbocycles. The average Bonchev–Trinajstić information content (AvgIpc) is 2.94. The Bertz CT molecular complexity index is 1510. The van der Waals surface area contributed by atoms with Crippen LogP contribution >= 0.6 is 0 Å². The standard InChI is InChI=1S/C36H45FN2O4/c1-22-25-16-12-18-42-31(25)28(37)19-26(22)30-27-20-39(17-11-15-24-13-9-8-10-14-24)21-36(6,7)33(27)38-23(2)29(30)32(34(40)41)43-35(3,4)5/h8-10,13-14,19,32H,11-12,15-18,20-21H2,1-7H3,(H,40,41). The van der Waals surface area contributed by atoms with E-state index in [4.69, 9.17) is 14.5 Å². The molecule has 0 saturated heterocycles. The number of halogens is 1. The molecule has 1 N–H and O–H groups in total. The minimum Gasteiger partial charge on any atom is -0.490 e. The summed E-state index contributed by atoms with van der Waals surface area (Å²) in [6.07, 6.45) is 2.23. The Morgan fingerprint density at radius 2 is 1.91 bits per heavy atom. The van der Waals surface area contributed by atoms with Gasteiger partial charge in [0.1, 0.15) is 0 Å². The van der Waals surface area contributed by atoms with E-state index >= 15 is 4.39 Å². The zero-order valence-electron chi connectivity index (χ0n) is 26.6. The summed E-state index contributed by atoms with van der Waals surface area (Å²) in [7, 11) is 0. The third kappa shape index (κ3) is 6.48. The lowest BCUT2D eigenvalue weighted by atomic mass is 9.76. The fourth-order valence-electron chi connectivity index (χ4n) is 6.83. The minimum atomic E-state index is -1.26. The van der Waals surface area contributed by atoms with Crippen LogP contribution in [0.5, 0.6) is 5.75 Å². The number of carboxylic acid groups (broad SMARTS) is 1. The molecule has 0 radical (unpaired) electrons. The molecule has 0 bridgehead atoms. The van der Waals surface area contributed by atoms with E-state index in [2.05, 4.69) is 43.0 Å². The van der Waals surface area contributed by atoms with Crippen LogP contribution in [0.3, 0.4) is 0 Å². The number of fused-ring (bicyclic) bond motifs is 2. The zero-order chi connectivity index (χ0) is 31.1. The predicted octanol–water partition coefficient (Wildman–Crippen LogP) is 7.50. The number of carboxylic acids is 1. The molecule has 2 aliphatic heterocycles. The van der Waals surface area contributed by atoms with E-state index in [0.717, 1.165) is 60.3 Å². The van der Waals surface area contributed by atoms with Crippen molar-refractivity contribution in [2.75, 3.05) is 19.7 Å². The molecule has 1 atom stereocenters. The van der Waals surface area contributed by atoms with E-state index < -0.39 is 23.5 Å². The number of hydrogen-bond donors (Lipinski definition) is 1. The minimum absolute atomic E-state index is 0.300. The highest BCUT2D eigenvalue weighted by atomic mass is 19.1. The van der Waals surface area contributed by atoms with Gasteiger partial charge < -0.3 is 14.6 Å². The second kappa shape index (κ2) is 12.0. The summed E-state index contributed by atoms with van der Waals surface area (Å²) in [6.45, 7) is 16.6. The number of aromatic nitrogens is 1. The Labute approximate surface area is 255 Å². The van der Waals surface area contributed by atoms with E-state index in [1.165, 1.54) is 11.6 Å². The van der Waals surface area contributed by atoms with Gasteiger partial charge in [0.2, 0.25) is 0 Å². The molecule has 1 aromatic heterocycles. The van der Waals surface area contributed by atoms with Crippen LogP contribution < -0.4 is 4.74 Å². The number of ether oxygens (including phenoxy) is 2. The zero-order valence-corrected chi connectivity index (χ0v) is 26.6. The third-order valence-corrected chi connectivity index (χ3v) is 8.61. The van der Waals surface area contributed by atoms with Crippen molar-refractivity contribution < 1.29 is 23.8 Å². The molecule has 0 saturated carbocycles. The number of aliphatic carboxylic acids is 1. The van der Waals surface area contributed by atoms with Crippen LogP contribution in [0.2, 0.25) is 0 Å². The monoisotopic (exact) mass is 588 g/mol. The van der Waals surface area contributed by atoms with Crippen molar-refractivity contribution in [1.82, 2.24) is 9.88 Å². The van der Waals surface area contributed by atoms with Gasteiger partial charge in [-0.05, 0) is 101 Å². The molecule has 43 heavy (non-hydrogen) atoms. The topological polar surface area (TPSA) is 71.9 Å². The predicted molar refractivity (Wildman–Crippen MR) is 167 cm³/mol. The van der Waals surface area contributed by atoms with Gasteiger partial charge in [-0.15, -0.1) is 0 Å². The summed E-state index contributed by atoms with van der Waals surface area (Å²) in [4.78, 5) is 20.4. The number of rotatable bonds is 8. The Kier molecular flexibility index (Phi) is 8.70. The van der Waals surface area contributed by atoms with Crippen molar-refractivity contribution >= 4 is 5.97 Å². The second-order valence-corrected chi connectivity index (χ2v) is 13.7. The van der Waals surface area contributed by atoms with Crippen molar-refractivity contribution in [3.63, 3.8) is 0 Å². The molecule has 7 heteroatoms. The van der Waals surface area contributed by atoms with Crippen LogP contribution in [-0.4, -0.2) is 46.3 Å². The van der Waals surface area contributed by atoms with Crippen LogP contribution in [0, 0.1) is 19.7 Å². The molecular weight excluding hydrogens is 543 g/mol. The number of benzene rings is 2. The van der Waals surface area contributed by atoms with Crippen LogP contribution in [0.1, 0.15) is 92.8 Å². The van der Waals surface area contributed by atoms with E-state index in [1.807, 2.05) is 40.7 Å². The molecule has 3 aromatic rings. The molecule has 5 rings (SSSR count). The lowest BCUT2D eigenvalue weighted by molar-refractivity contribution is -0.160. The summed E-state index contributed by atoms with van der Waals surface area (Å²) in [6, 6.07) is 12.0. The summed E-state index contributed by atoms with van der Waals surface area (Å²) in [5, 5.41) is 10.5. The van der Waals surface area contributed by atoms with E-state index in [-0.39, 0.29) is 5.41 Å². The van der Waals surface area contributed by atoms with Crippen molar-refractivity contribution in [3.8, 4) is 16.9 Å². The Morgan fingerprint density at radius 1 is 1.19 bits per heavy atom. The van der Waals surface area contributed by atoms with Crippen LogP contribution in [-0.2, 0) is 34.3 Å². The molecular formula is C36H45FN2O4. The first-order valence-corrected chi connectivity index (χ1v) is 15.4. The van der Waals surface area contributed by atoms with Crippen molar-refractivity contribution in [2.24, 2.45) is 0 Å². The maximum Gasteiger partial charge on any atom is 0.337 e. The third-order valence-electron chi connectivity index (χ3n) is 8.61. The first-order valence-electron chi connectivity index (χ1n) is 15.4. The molecule has 0 fully saturated rings. The van der Waals surface area contributed by atoms with Crippen molar-refractivity contribution in [2.45, 2.75) is 97.8 Å². The van der Waals surface area contributed by atoms with Gasteiger partial charge in [0.25, 0.3) is 0 Å². The van der Waals surface area contributed by atoms with Gasteiger partial charge in [-0.1, -0.05) is 44.2 Å². The normalized spacial score (nSPS) is 17.1. The van der Waals surface area contributed by atoms with Crippen molar-refractivity contribution in [1.29, 1.82) is 0 Å². The molecule has 0 amide bonds. The molecule has 6 nitrogen and oxygen atoms in total. The fraction of sp³-hybridized carbons (Fsp3) is 0.500. The van der Waals surface area contributed by atoms with Gasteiger partial charge >= 0.3 is 5.97 Å². The number of nitrogens with zero attached hydrogens (tertiary/aromatic N) is 2. The summed E-state index contributed by atoms with van der Waals surface area (Å²) < 4.78 is 27.7. The highest BCUT2D eigenvalue weighted by Gasteiger charge is 2.40. The molecule has 0 spiro atoms. The van der Waals surface area contributed by atoms with Crippen LogP contribution in [0.15, 0.2) is 36.4 Å². The summed E-state index contributed by atoms with van der Waals surface area (Å²) >= 11 is 0. The Morgan fingerprint density at radius 3 is 2.58 bits per heavy atom. The highest BCUT2D eigenvalue weighted by Crippen LogP contribution is 2.47. The summed E-state index contributed by atoms with van der Waals surface area (Å²) in [5.41, 5.74) is 6.50. The smallest absolute Gasteiger partial charge is 0.337 e. The SMILES string of the molecule is Cc1nc2c(c(-c3cc(F)c4c(c3C)CCCO4)c1C(OC(C)(C)C)C(=O)O)CN(CCCc1ccccc1)CC2(C)C. The van der Waals surface area contributed by atoms with Crippen molar-refractivity contribution in [3.05, 3.63) is 81.4 Å². The maximum absolute atomic E-state index is 15.8. The lowest BCUT2D eigenvalue weighted by Gasteiger charge is -2.41. The average molecular weight is 589 g/mol. The summed E-state index contributed by atoms with van der Waals surface area (Å²) in [5.74, 6) is -1.18. The van der Waals surface area contributed by atoms with E-state index in [9.17, 15) is 9.90 Å². The number of hydrogen-bond acceptors (Lipinski definition) is 5. The quantitative estimate of drug-likeness (QED) is 0.294. The first-order chi connectivity index (χ1) is 20.3. The maximum atomic E-state index is 15.8. The van der Waals surface area contributed by atoms with Gasteiger partial charge in [-0.25, -0.2) is 9.18 Å².